The lowest BCUT2D eigenvalue weighted by Gasteiger charge is -2.24. The molecule has 2 aromatic heterocycles. The molecule has 0 aliphatic carbocycles. The monoisotopic (exact) mass is 464 g/mol. The van der Waals surface area contributed by atoms with Crippen molar-refractivity contribution in [1.29, 1.82) is 0 Å². The molecular formula is C27H24N6O2. The van der Waals surface area contributed by atoms with Crippen LogP contribution in [0.3, 0.4) is 0 Å². The summed E-state index contributed by atoms with van der Waals surface area (Å²) in [4.78, 5) is 22.4. The minimum atomic E-state index is -0.620. The third kappa shape index (κ3) is 3.49. The van der Waals surface area contributed by atoms with E-state index < -0.39 is 5.54 Å². The van der Waals surface area contributed by atoms with E-state index in [0.29, 0.717) is 18.8 Å². The van der Waals surface area contributed by atoms with Crippen molar-refractivity contribution < 1.29 is 9.53 Å². The number of cyclic esters (lactones) is 1. The minimum absolute atomic E-state index is 0.373. The second kappa shape index (κ2) is 7.58. The van der Waals surface area contributed by atoms with Crippen molar-refractivity contribution in [2.75, 3.05) is 11.4 Å². The summed E-state index contributed by atoms with van der Waals surface area (Å²) in [6, 6.07) is 15.7. The number of nitrogens with two attached hydrogens (primary N) is 1. The fourth-order valence-corrected chi connectivity index (χ4v) is 4.75. The van der Waals surface area contributed by atoms with E-state index in [9.17, 15) is 4.79 Å². The lowest BCUT2D eigenvalue weighted by atomic mass is 9.99. The van der Waals surface area contributed by atoms with Crippen LogP contribution < -0.4 is 10.6 Å². The average molecular weight is 465 g/mol. The van der Waals surface area contributed by atoms with E-state index in [1.54, 1.807) is 11.1 Å². The maximum Gasteiger partial charge on any atom is 0.414 e. The van der Waals surface area contributed by atoms with Gasteiger partial charge in [-0.3, -0.25) is 9.47 Å². The quantitative estimate of drug-likeness (QED) is 0.382. The molecule has 1 atom stereocenters. The fourth-order valence-electron chi connectivity index (χ4n) is 4.75. The molecule has 8 heteroatoms. The van der Waals surface area contributed by atoms with Gasteiger partial charge in [-0.2, -0.15) is 0 Å². The first-order valence-corrected chi connectivity index (χ1v) is 11.4. The average Bonchev–Trinajstić information content (AvgIpc) is 3.56. The zero-order valence-corrected chi connectivity index (χ0v) is 19.5. The first-order chi connectivity index (χ1) is 16.8. The first kappa shape index (κ1) is 21.2. The Morgan fingerprint density at radius 1 is 1.14 bits per heavy atom. The van der Waals surface area contributed by atoms with E-state index in [4.69, 9.17) is 17.0 Å². The molecule has 1 saturated heterocycles. The van der Waals surface area contributed by atoms with Gasteiger partial charge in [0, 0.05) is 41.9 Å². The molecule has 2 aliphatic heterocycles. The van der Waals surface area contributed by atoms with Crippen molar-refractivity contribution in [3.05, 3.63) is 84.1 Å². The van der Waals surface area contributed by atoms with Gasteiger partial charge in [0.1, 0.15) is 6.10 Å². The number of hydrogen-bond donors (Lipinski definition) is 1. The molecule has 6 rings (SSSR count). The Balaban J connectivity index is 1.40. The predicted octanol–water partition coefficient (Wildman–Crippen LogP) is 4.98. The van der Waals surface area contributed by atoms with Crippen LogP contribution in [0.4, 0.5) is 16.2 Å². The highest BCUT2D eigenvalue weighted by molar-refractivity contribution is 5.90. The summed E-state index contributed by atoms with van der Waals surface area (Å²) in [5, 5.41) is 0. The van der Waals surface area contributed by atoms with Crippen molar-refractivity contribution in [3.63, 3.8) is 0 Å². The third-order valence-electron chi connectivity index (χ3n) is 6.71. The molecule has 35 heavy (non-hydrogen) atoms. The number of amides is 1. The molecule has 1 fully saturated rings. The van der Waals surface area contributed by atoms with Gasteiger partial charge in [0.05, 0.1) is 24.5 Å². The molecule has 8 nitrogen and oxygen atoms in total. The Labute approximate surface area is 203 Å². The predicted molar refractivity (Wildman–Crippen MR) is 134 cm³/mol. The van der Waals surface area contributed by atoms with Gasteiger partial charge < -0.3 is 15.0 Å². The molecule has 4 aromatic rings. The van der Waals surface area contributed by atoms with Gasteiger partial charge in [0.15, 0.2) is 11.5 Å². The summed E-state index contributed by atoms with van der Waals surface area (Å²) >= 11 is 0. The number of imidazole rings is 1. The standard InChI is InChI=1S/C27H24N6O2/c1-27(2,28)24-16-33(26(34)35-24)21-8-9-22-19(12-21)15-31-14-18(17-4-6-20(29-3)7-5-17)13-23(31)25-30-10-11-32(22)25/h4-14,24H,15-16,28H2,1-2H3. The Morgan fingerprint density at radius 2 is 1.94 bits per heavy atom. The van der Waals surface area contributed by atoms with Crippen LogP contribution in [0.2, 0.25) is 0 Å². The summed E-state index contributed by atoms with van der Waals surface area (Å²) in [7, 11) is 0. The molecule has 1 unspecified atom stereocenters. The van der Waals surface area contributed by atoms with Crippen LogP contribution >= 0.6 is 0 Å². The molecule has 0 spiro atoms. The Bertz CT molecular complexity index is 1500. The van der Waals surface area contributed by atoms with Gasteiger partial charge in [-0.15, -0.1) is 0 Å². The summed E-state index contributed by atoms with van der Waals surface area (Å²) in [5.74, 6) is 0.853. The van der Waals surface area contributed by atoms with Crippen molar-refractivity contribution in [3.8, 4) is 28.3 Å². The zero-order valence-electron chi connectivity index (χ0n) is 19.5. The molecule has 2 aliphatic rings. The molecule has 4 heterocycles. The molecule has 2 N–H and O–H groups in total. The van der Waals surface area contributed by atoms with Gasteiger partial charge >= 0.3 is 6.09 Å². The number of carbonyl (C=O) groups is 1. The number of nitrogens with zero attached hydrogens (tertiary/aromatic N) is 5. The highest BCUT2D eigenvalue weighted by Crippen LogP contribution is 2.36. The van der Waals surface area contributed by atoms with Crippen molar-refractivity contribution in [2.45, 2.75) is 32.0 Å². The first-order valence-electron chi connectivity index (χ1n) is 11.4. The van der Waals surface area contributed by atoms with Gasteiger partial charge in [-0.25, -0.2) is 14.6 Å². The third-order valence-corrected chi connectivity index (χ3v) is 6.71. The van der Waals surface area contributed by atoms with E-state index in [1.807, 2.05) is 62.5 Å². The summed E-state index contributed by atoms with van der Waals surface area (Å²) in [6.45, 7) is 12.0. The SMILES string of the molecule is [C-]#[N+]c1ccc(-c2cc3n(c2)Cc2cc(N4CC(C(C)(C)N)OC4=O)ccc2-n2ccnc2-3)cc1. The van der Waals surface area contributed by atoms with E-state index >= 15 is 0 Å². The lowest BCUT2D eigenvalue weighted by molar-refractivity contribution is 0.102. The number of ether oxygens (including phenoxy) is 1. The Kier molecular flexibility index (Phi) is 4.59. The molecule has 0 saturated carbocycles. The normalized spacial score (nSPS) is 16.7. The van der Waals surface area contributed by atoms with Gasteiger partial charge in [-0.1, -0.05) is 24.3 Å². The van der Waals surface area contributed by atoms with Crippen molar-refractivity contribution in [2.24, 2.45) is 5.73 Å². The summed E-state index contributed by atoms with van der Waals surface area (Å²) < 4.78 is 9.82. The molecule has 0 radical (unpaired) electrons. The minimum Gasteiger partial charge on any atom is -0.442 e. The number of rotatable bonds is 3. The number of anilines is 1. The number of aromatic nitrogens is 3. The number of fused-ring (bicyclic) bond motifs is 5. The van der Waals surface area contributed by atoms with Gasteiger partial charge in [0.2, 0.25) is 0 Å². The summed E-state index contributed by atoms with van der Waals surface area (Å²) in [5.41, 5.74) is 12.2. The largest absolute Gasteiger partial charge is 0.442 e. The second-order valence-corrected chi connectivity index (χ2v) is 9.64. The number of carbonyl (C=O) groups excluding carboxylic acids is 1. The Hall–Kier alpha value is -4.35. The van der Waals surface area contributed by atoms with Crippen LogP contribution in [0.1, 0.15) is 19.4 Å². The Morgan fingerprint density at radius 3 is 2.66 bits per heavy atom. The molecular weight excluding hydrogens is 440 g/mol. The topological polar surface area (TPSA) is 82.7 Å². The second-order valence-electron chi connectivity index (χ2n) is 9.64. The smallest absolute Gasteiger partial charge is 0.414 e. The number of hydrogen-bond acceptors (Lipinski definition) is 4. The van der Waals surface area contributed by atoms with Crippen LogP contribution in [0.25, 0.3) is 33.2 Å². The van der Waals surface area contributed by atoms with Crippen LogP contribution in [0.15, 0.2) is 67.1 Å². The van der Waals surface area contributed by atoms with Gasteiger partial charge in [-0.05, 0) is 49.2 Å². The molecule has 174 valence electrons. The molecule has 2 aromatic carbocycles. The van der Waals surface area contributed by atoms with E-state index in [0.717, 1.165) is 39.6 Å². The molecule has 1 amide bonds. The van der Waals surface area contributed by atoms with Crippen LogP contribution in [0.5, 0.6) is 0 Å². The van der Waals surface area contributed by atoms with Crippen LogP contribution in [0, 0.1) is 6.57 Å². The number of benzene rings is 2. The van der Waals surface area contributed by atoms with Crippen LogP contribution in [-0.4, -0.2) is 38.4 Å². The fraction of sp³-hybridized carbons (Fsp3) is 0.222. The van der Waals surface area contributed by atoms with Crippen molar-refractivity contribution >= 4 is 17.5 Å². The summed E-state index contributed by atoms with van der Waals surface area (Å²) in [6.07, 6.45) is 5.11. The highest BCUT2D eigenvalue weighted by Gasteiger charge is 2.40. The van der Waals surface area contributed by atoms with Crippen LogP contribution in [-0.2, 0) is 11.3 Å². The molecule has 0 bridgehead atoms. The van der Waals surface area contributed by atoms with Crippen molar-refractivity contribution in [1.82, 2.24) is 14.1 Å². The van der Waals surface area contributed by atoms with E-state index in [-0.39, 0.29) is 12.2 Å². The van der Waals surface area contributed by atoms with E-state index in [1.165, 1.54) is 0 Å². The maximum absolute atomic E-state index is 12.6. The zero-order chi connectivity index (χ0) is 24.3. The van der Waals surface area contributed by atoms with E-state index in [2.05, 4.69) is 31.2 Å². The maximum atomic E-state index is 12.6. The van der Waals surface area contributed by atoms with Gasteiger partial charge in [0.25, 0.3) is 0 Å². The lowest BCUT2D eigenvalue weighted by Crippen LogP contribution is -2.47. The highest BCUT2D eigenvalue weighted by atomic mass is 16.6.